The summed E-state index contributed by atoms with van der Waals surface area (Å²) in [7, 11) is 1.68. The number of hydrogen-bond acceptors (Lipinski definition) is 5. The van der Waals surface area contributed by atoms with Gasteiger partial charge in [0.2, 0.25) is 0 Å². The van der Waals surface area contributed by atoms with E-state index >= 15 is 0 Å². The normalized spacial score (nSPS) is 14.9. The minimum absolute atomic E-state index is 0.00684. The van der Waals surface area contributed by atoms with Gasteiger partial charge >= 0.3 is 0 Å². The first-order chi connectivity index (χ1) is 18.7. The molecule has 0 spiro atoms. The number of rotatable bonds is 7. The molecule has 1 atom stereocenters. The number of methoxy groups -OCH3 is 1. The lowest BCUT2D eigenvalue weighted by Crippen LogP contribution is -2.48. The summed E-state index contributed by atoms with van der Waals surface area (Å²) in [4.78, 5) is 26.5. The zero-order valence-electron chi connectivity index (χ0n) is 21.4. The molecule has 1 fully saturated rings. The van der Waals surface area contributed by atoms with E-state index < -0.39 is 0 Å². The van der Waals surface area contributed by atoms with Crippen molar-refractivity contribution in [3.63, 3.8) is 0 Å². The lowest BCUT2D eigenvalue weighted by molar-refractivity contribution is 0.103. The minimum atomic E-state index is -0.0421. The van der Waals surface area contributed by atoms with E-state index in [1.165, 1.54) is 5.69 Å². The molecule has 1 aliphatic heterocycles. The van der Waals surface area contributed by atoms with Crippen molar-refractivity contribution >= 4 is 22.5 Å². The van der Waals surface area contributed by atoms with Crippen LogP contribution in [0.3, 0.4) is 0 Å². The molecule has 1 aliphatic rings. The summed E-state index contributed by atoms with van der Waals surface area (Å²) in [5, 5.41) is 0. The third-order valence-corrected chi connectivity index (χ3v) is 7.29. The molecule has 0 saturated carbocycles. The molecule has 6 heteroatoms. The predicted octanol–water partition coefficient (Wildman–Crippen LogP) is 5.71. The van der Waals surface area contributed by atoms with Gasteiger partial charge in [-0.25, -0.2) is 4.98 Å². The molecular weight excluding hydrogens is 472 g/mol. The van der Waals surface area contributed by atoms with Crippen molar-refractivity contribution in [2.45, 2.75) is 6.04 Å². The van der Waals surface area contributed by atoms with Gasteiger partial charge in [0, 0.05) is 43.0 Å². The lowest BCUT2D eigenvalue weighted by atomic mass is 10.0. The summed E-state index contributed by atoms with van der Waals surface area (Å²) in [6.07, 6.45) is 0. The number of carbonyl (C=O) groups excluding carboxylic acids is 1. The summed E-state index contributed by atoms with van der Waals surface area (Å²) in [6.45, 7) is 3.68. The van der Waals surface area contributed by atoms with Gasteiger partial charge in [0.25, 0.3) is 0 Å². The molecule has 6 rings (SSSR count). The number of H-pyrrole nitrogens is 1. The van der Waals surface area contributed by atoms with Gasteiger partial charge in [-0.3, -0.25) is 9.69 Å². The maximum absolute atomic E-state index is 13.0. The smallest absolute Gasteiger partial charge is 0.193 e. The van der Waals surface area contributed by atoms with Crippen molar-refractivity contribution in [3.8, 4) is 5.75 Å². The number of nitrogens with one attached hydrogen (secondary N) is 1. The van der Waals surface area contributed by atoms with Crippen LogP contribution in [0.4, 0.5) is 5.69 Å². The van der Waals surface area contributed by atoms with Crippen molar-refractivity contribution in [1.82, 2.24) is 14.9 Å². The highest BCUT2D eigenvalue weighted by molar-refractivity contribution is 6.10. The van der Waals surface area contributed by atoms with Crippen LogP contribution in [-0.4, -0.2) is 53.9 Å². The Morgan fingerprint density at radius 3 is 2.18 bits per heavy atom. The maximum Gasteiger partial charge on any atom is 0.193 e. The molecule has 1 aromatic heterocycles. The fraction of sp³-hybridized carbons (Fsp3) is 0.188. The zero-order valence-corrected chi connectivity index (χ0v) is 21.4. The monoisotopic (exact) mass is 502 g/mol. The third-order valence-electron chi connectivity index (χ3n) is 7.29. The predicted molar refractivity (Wildman–Crippen MR) is 151 cm³/mol. The van der Waals surface area contributed by atoms with Crippen LogP contribution < -0.4 is 9.64 Å². The summed E-state index contributed by atoms with van der Waals surface area (Å²) in [5.41, 5.74) is 5.45. The summed E-state index contributed by atoms with van der Waals surface area (Å²) in [6, 6.07) is 33.9. The van der Waals surface area contributed by atoms with Crippen LogP contribution in [0.25, 0.3) is 11.0 Å². The second-order valence-corrected chi connectivity index (χ2v) is 9.58. The van der Waals surface area contributed by atoms with Crippen molar-refractivity contribution < 1.29 is 9.53 Å². The Kier molecular flexibility index (Phi) is 6.63. The number of carbonyl (C=O) groups is 1. The van der Waals surface area contributed by atoms with Gasteiger partial charge in [-0.1, -0.05) is 60.7 Å². The molecule has 1 unspecified atom stereocenters. The van der Waals surface area contributed by atoms with E-state index in [1.54, 1.807) is 7.11 Å². The van der Waals surface area contributed by atoms with Gasteiger partial charge in [0.1, 0.15) is 11.6 Å². The molecule has 6 nitrogen and oxygen atoms in total. The van der Waals surface area contributed by atoms with Crippen LogP contribution >= 0.6 is 0 Å². The third kappa shape index (κ3) is 4.78. The highest BCUT2D eigenvalue weighted by Crippen LogP contribution is 2.31. The van der Waals surface area contributed by atoms with E-state index in [9.17, 15) is 4.79 Å². The Hall–Kier alpha value is -4.42. The van der Waals surface area contributed by atoms with Crippen molar-refractivity contribution in [2.75, 3.05) is 38.2 Å². The average Bonchev–Trinajstić information content (AvgIpc) is 3.41. The molecule has 0 radical (unpaired) electrons. The van der Waals surface area contributed by atoms with Crippen molar-refractivity contribution in [3.05, 3.63) is 126 Å². The van der Waals surface area contributed by atoms with Crippen LogP contribution in [0.5, 0.6) is 5.75 Å². The SMILES string of the molecule is COc1ccc(C(c2nc3ccc(C(=O)c4ccccc4)cc3[nH]2)N2CCN(c3ccccc3)CC2)cc1. The minimum Gasteiger partial charge on any atom is -0.497 e. The number of anilines is 1. The quantitative estimate of drug-likeness (QED) is 0.289. The van der Waals surface area contributed by atoms with Crippen LogP contribution in [0.2, 0.25) is 0 Å². The van der Waals surface area contributed by atoms with E-state index in [0.717, 1.165) is 54.3 Å². The number of ether oxygens (including phenoxy) is 1. The topological polar surface area (TPSA) is 61.5 Å². The summed E-state index contributed by atoms with van der Waals surface area (Å²) < 4.78 is 5.41. The Balaban J connectivity index is 1.32. The fourth-order valence-electron chi connectivity index (χ4n) is 5.26. The van der Waals surface area contributed by atoms with E-state index in [1.807, 2.05) is 60.7 Å². The van der Waals surface area contributed by atoms with Gasteiger partial charge in [-0.15, -0.1) is 0 Å². The number of hydrogen-bond donors (Lipinski definition) is 1. The molecule has 2 heterocycles. The van der Waals surface area contributed by atoms with Gasteiger partial charge in [-0.05, 0) is 48.0 Å². The molecule has 38 heavy (non-hydrogen) atoms. The molecule has 1 saturated heterocycles. The number of para-hydroxylation sites is 1. The van der Waals surface area contributed by atoms with Crippen LogP contribution in [0.1, 0.15) is 33.4 Å². The van der Waals surface area contributed by atoms with Crippen LogP contribution in [0, 0.1) is 0 Å². The fourth-order valence-corrected chi connectivity index (χ4v) is 5.26. The number of nitrogens with zero attached hydrogens (tertiary/aromatic N) is 3. The standard InChI is InChI=1S/C32H30N4O2/c1-38-27-15-12-23(13-16-27)30(36-20-18-35(19-21-36)26-10-6-3-7-11-26)32-33-28-17-14-25(22-29(28)34-32)31(37)24-8-4-2-5-9-24/h2-17,22,30H,18-21H2,1H3,(H,33,34). The number of benzene rings is 4. The second kappa shape index (κ2) is 10.5. The van der Waals surface area contributed by atoms with E-state index in [4.69, 9.17) is 9.72 Å². The zero-order chi connectivity index (χ0) is 25.9. The number of piperazine rings is 1. The Morgan fingerprint density at radius 2 is 1.50 bits per heavy atom. The van der Waals surface area contributed by atoms with Gasteiger partial charge in [-0.2, -0.15) is 0 Å². The highest BCUT2D eigenvalue weighted by atomic mass is 16.5. The van der Waals surface area contributed by atoms with Crippen LogP contribution in [-0.2, 0) is 0 Å². The first-order valence-electron chi connectivity index (χ1n) is 13.0. The highest BCUT2D eigenvalue weighted by Gasteiger charge is 2.29. The number of aromatic nitrogens is 2. The van der Waals surface area contributed by atoms with E-state index in [2.05, 4.69) is 57.2 Å². The molecule has 0 amide bonds. The van der Waals surface area contributed by atoms with Gasteiger partial charge in [0.15, 0.2) is 5.78 Å². The number of ketones is 1. The summed E-state index contributed by atoms with van der Waals surface area (Å²) >= 11 is 0. The molecule has 4 aromatic carbocycles. The van der Waals surface area contributed by atoms with Crippen LogP contribution in [0.15, 0.2) is 103 Å². The Morgan fingerprint density at radius 1 is 0.816 bits per heavy atom. The largest absolute Gasteiger partial charge is 0.497 e. The Labute approximate surface area is 222 Å². The van der Waals surface area contributed by atoms with E-state index in [0.29, 0.717) is 11.1 Å². The molecule has 190 valence electrons. The lowest BCUT2D eigenvalue weighted by Gasteiger charge is -2.39. The van der Waals surface area contributed by atoms with Gasteiger partial charge < -0.3 is 14.6 Å². The van der Waals surface area contributed by atoms with Crippen molar-refractivity contribution in [2.24, 2.45) is 0 Å². The van der Waals surface area contributed by atoms with E-state index in [-0.39, 0.29) is 11.8 Å². The van der Waals surface area contributed by atoms with Crippen molar-refractivity contribution in [1.29, 1.82) is 0 Å². The number of imidazole rings is 1. The second-order valence-electron chi connectivity index (χ2n) is 9.58. The molecule has 0 bridgehead atoms. The molecule has 5 aromatic rings. The first kappa shape index (κ1) is 23.9. The molecule has 1 N–H and O–H groups in total. The number of fused-ring (bicyclic) bond motifs is 1. The summed E-state index contributed by atoms with van der Waals surface area (Å²) in [5.74, 6) is 1.71. The maximum atomic E-state index is 13.0. The first-order valence-corrected chi connectivity index (χ1v) is 13.0. The Bertz CT molecular complexity index is 1520. The van der Waals surface area contributed by atoms with Gasteiger partial charge in [0.05, 0.1) is 24.2 Å². The number of aromatic amines is 1. The molecular formula is C32H30N4O2. The average molecular weight is 503 g/mol. The molecule has 0 aliphatic carbocycles.